The van der Waals surface area contributed by atoms with Crippen LogP contribution in [0.4, 0.5) is 5.69 Å². The lowest BCUT2D eigenvalue weighted by Gasteiger charge is -2.33. The zero-order valence-electron chi connectivity index (χ0n) is 21.4. The van der Waals surface area contributed by atoms with Crippen LogP contribution < -0.4 is 10.6 Å². The Morgan fingerprint density at radius 1 is 1.14 bits per heavy atom. The number of amides is 1. The van der Waals surface area contributed by atoms with Crippen molar-refractivity contribution in [2.24, 2.45) is 5.92 Å². The van der Waals surface area contributed by atoms with Crippen molar-refractivity contribution in [3.63, 3.8) is 0 Å². The molecule has 5 nitrogen and oxygen atoms in total. The highest BCUT2D eigenvalue weighted by Gasteiger charge is 2.25. The number of nitrogens with one attached hydrogen (secondary N) is 2. The Kier molecular flexibility index (Phi) is 9.10. The smallest absolute Gasteiger partial charge is 0.275 e. The third-order valence-electron chi connectivity index (χ3n) is 6.73. The van der Waals surface area contributed by atoms with E-state index >= 15 is 0 Å². The number of nitrogens with zero attached hydrogens (tertiary/aromatic N) is 2. The van der Waals surface area contributed by atoms with Crippen molar-refractivity contribution in [2.75, 3.05) is 25.0 Å². The van der Waals surface area contributed by atoms with Crippen LogP contribution in [0.1, 0.15) is 67.0 Å². The van der Waals surface area contributed by atoms with Crippen LogP contribution in [0.3, 0.4) is 0 Å². The van der Waals surface area contributed by atoms with Crippen molar-refractivity contribution < 1.29 is 4.79 Å². The van der Waals surface area contributed by atoms with Crippen LogP contribution in [0.5, 0.6) is 0 Å². The Balaban J connectivity index is 1.35. The number of rotatable bonds is 8. The summed E-state index contributed by atoms with van der Waals surface area (Å²) in [6.07, 6.45) is 4.12. The van der Waals surface area contributed by atoms with E-state index in [1.165, 1.54) is 5.56 Å². The van der Waals surface area contributed by atoms with Crippen molar-refractivity contribution in [2.45, 2.75) is 52.4 Å². The maximum absolute atomic E-state index is 13.1. The topological polar surface area (TPSA) is 57.3 Å². The van der Waals surface area contributed by atoms with Gasteiger partial charge < -0.3 is 15.5 Å². The highest BCUT2D eigenvalue weighted by molar-refractivity contribution is 7.80. The fourth-order valence-electron chi connectivity index (χ4n) is 4.44. The molecule has 2 N–H and O–H groups in total. The number of benzene rings is 2. The first-order valence-electron chi connectivity index (χ1n) is 12.9. The summed E-state index contributed by atoms with van der Waals surface area (Å²) in [5.74, 6) is 0.877. The normalized spacial score (nSPS) is 14.2. The number of anilines is 1. The van der Waals surface area contributed by atoms with Crippen molar-refractivity contribution in [3.05, 3.63) is 70.2 Å². The van der Waals surface area contributed by atoms with Crippen molar-refractivity contribution in [1.29, 1.82) is 0 Å². The number of piperidine rings is 1. The standard InChI is InChI=1S/C29H36N4OS2/c1-4-21-9-11-22(12-10-21)24-7-5-6-8-25(24)31-27(34)26-19-36-28(32-26)23-14-17-33(18-15-23)29(35)30-16-13-20(2)3/h5-12,19-20,23H,4,13-18H2,1-3H3,(H,30,35)(H,31,34). The largest absolute Gasteiger partial charge is 0.363 e. The van der Waals surface area contributed by atoms with Gasteiger partial charge in [-0.25, -0.2) is 4.98 Å². The van der Waals surface area contributed by atoms with Gasteiger partial charge in [-0.05, 0) is 61.0 Å². The molecule has 7 heteroatoms. The Hall–Kier alpha value is -2.77. The molecule has 1 fully saturated rings. The summed E-state index contributed by atoms with van der Waals surface area (Å²) in [4.78, 5) is 20.1. The average molecular weight is 521 g/mol. The first kappa shape index (κ1) is 26.3. The van der Waals surface area contributed by atoms with Crippen molar-refractivity contribution in [3.8, 4) is 11.1 Å². The molecule has 1 saturated heterocycles. The van der Waals surface area contributed by atoms with Crippen LogP contribution in [0, 0.1) is 5.92 Å². The number of aryl methyl sites for hydroxylation is 1. The zero-order valence-corrected chi connectivity index (χ0v) is 23.1. The minimum atomic E-state index is -0.164. The molecular formula is C29H36N4OS2. The van der Waals surface area contributed by atoms with Crippen LogP contribution in [-0.4, -0.2) is 40.5 Å². The maximum Gasteiger partial charge on any atom is 0.275 e. The molecule has 36 heavy (non-hydrogen) atoms. The second-order valence-corrected chi connectivity index (χ2v) is 11.1. The van der Waals surface area contributed by atoms with Gasteiger partial charge in [0.25, 0.3) is 5.91 Å². The molecule has 0 saturated carbocycles. The molecule has 0 unspecified atom stereocenters. The summed E-state index contributed by atoms with van der Waals surface area (Å²) >= 11 is 7.18. The number of carbonyl (C=O) groups excluding carboxylic acids is 1. The van der Waals surface area contributed by atoms with Crippen LogP contribution in [0.25, 0.3) is 11.1 Å². The number of carbonyl (C=O) groups is 1. The van der Waals surface area contributed by atoms with E-state index < -0.39 is 0 Å². The molecule has 1 aliphatic rings. The number of thiazole rings is 1. The first-order chi connectivity index (χ1) is 17.4. The zero-order chi connectivity index (χ0) is 25.5. The van der Waals surface area contributed by atoms with Crippen LogP contribution in [0.15, 0.2) is 53.9 Å². The molecule has 0 atom stereocenters. The molecular weight excluding hydrogens is 484 g/mol. The monoisotopic (exact) mass is 520 g/mol. The molecule has 0 aliphatic carbocycles. The summed E-state index contributed by atoms with van der Waals surface area (Å²) in [5, 5.41) is 10.3. The van der Waals surface area contributed by atoms with Gasteiger partial charge in [0.1, 0.15) is 5.69 Å². The van der Waals surface area contributed by atoms with E-state index in [0.717, 1.165) is 72.3 Å². The van der Waals surface area contributed by atoms with Gasteiger partial charge >= 0.3 is 0 Å². The average Bonchev–Trinajstić information content (AvgIpc) is 3.40. The van der Waals surface area contributed by atoms with E-state index in [9.17, 15) is 4.79 Å². The second kappa shape index (κ2) is 12.5. The van der Waals surface area contributed by atoms with Gasteiger partial charge in [-0.3, -0.25) is 4.79 Å². The Labute approximate surface area is 224 Å². The number of hydrogen-bond acceptors (Lipinski definition) is 4. The third kappa shape index (κ3) is 6.71. The lowest BCUT2D eigenvalue weighted by atomic mass is 9.98. The predicted octanol–water partition coefficient (Wildman–Crippen LogP) is 6.72. The van der Waals surface area contributed by atoms with Crippen molar-refractivity contribution in [1.82, 2.24) is 15.2 Å². The summed E-state index contributed by atoms with van der Waals surface area (Å²) in [6, 6.07) is 16.4. The number of para-hydroxylation sites is 1. The first-order valence-corrected chi connectivity index (χ1v) is 14.2. The van der Waals surface area contributed by atoms with Crippen LogP contribution in [-0.2, 0) is 6.42 Å². The predicted molar refractivity (Wildman–Crippen MR) is 155 cm³/mol. The molecule has 0 radical (unpaired) electrons. The van der Waals surface area contributed by atoms with E-state index in [0.29, 0.717) is 17.5 Å². The van der Waals surface area contributed by atoms with Gasteiger partial charge in [0.15, 0.2) is 5.11 Å². The number of hydrogen-bond donors (Lipinski definition) is 2. The summed E-state index contributed by atoms with van der Waals surface area (Å²) in [5.41, 5.74) is 4.68. The molecule has 0 spiro atoms. The van der Waals surface area contributed by atoms with Gasteiger partial charge in [0.05, 0.1) is 5.01 Å². The molecule has 1 amide bonds. The third-order valence-corrected chi connectivity index (χ3v) is 8.14. The fraction of sp³-hybridized carbons (Fsp3) is 0.414. The minimum Gasteiger partial charge on any atom is -0.363 e. The highest BCUT2D eigenvalue weighted by atomic mass is 32.1. The summed E-state index contributed by atoms with van der Waals surface area (Å²) < 4.78 is 0. The highest BCUT2D eigenvalue weighted by Crippen LogP contribution is 2.32. The van der Waals surface area contributed by atoms with E-state index in [-0.39, 0.29) is 5.91 Å². The molecule has 3 aromatic rings. The van der Waals surface area contributed by atoms with E-state index in [1.54, 1.807) is 11.3 Å². The summed E-state index contributed by atoms with van der Waals surface area (Å²) in [7, 11) is 0. The number of likely N-dealkylation sites (tertiary alicyclic amines) is 1. The van der Waals surface area contributed by atoms with Gasteiger partial charge in [-0.2, -0.15) is 0 Å². The lowest BCUT2D eigenvalue weighted by molar-refractivity contribution is 0.102. The SMILES string of the molecule is CCc1ccc(-c2ccccc2NC(=O)c2csc(C3CCN(C(=S)NCCC(C)C)CC3)n2)cc1. The molecule has 1 aliphatic heterocycles. The Morgan fingerprint density at radius 2 is 1.86 bits per heavy atom. The van der Waals surface area contributed by atoms with Gasteiger partial charge in [0, 0.05) is 42.2 Å². The van der Waals surface area contributed by atoms with E-state index in [2.05, 4.69) is 60.6 Å². The Morgan fingerprint density at radius 3 is 2.56 bits per heavy atom. The van der Waals surface area contributed by atoms with Gasteiger partial charge in [-0.15, -0.1) is 11.3 Å². The van der Waals surface area contributed by atoms with Crippen molar-refractivity contribution >= 4 is 40.3 Å². The number of thiocarbonyl (C=S) groups is 1. The molecule has 2 heterocycles. The molecule has 2 aromatic carbocycles. The minimum absolute atomic E-state index is 0.164. The quantitative estimate of drug-likeness (QED) is 0.323. The molecule has 190 valence electrons. The molecule has 0 bridgehead atoms. The molecule has 1 aromatic heterocycles. The fourth-order valence-corrected chi connectivity index (χ4v) is 5.69. The Bertz CT molecular complexity index is 1160. The van der Waals surface area contributed by atoms with Gasteiger partial charge in [0.2, 0.25) is 0 Å². The van der Waals surface area contributed by atoms with Gasteiger partial charge in [-0.1, -0.05) is 63.2 Å². The number of aromatic nitrogens is 1. The summed E-state index contributed by atoms with van der Waals surface area (Å²) in [6.45, 7) is 9.36. The van der Waals surface area contributed by atoms with Crippen LogP contribution in [0.2, 0.25) is 0 Å². The molecule has 4 rings (SSSR count). The van der Waals surface area contributed by atoms with E-state index in [4.69, 9.17) is 17.2 Å². The lowest BCUT2D eigenvalue weighted by Crippen LogP contribution is -2.44. The maximum atomic E-state index is 13.1. The second-order valence-electron chi connectivity index (χ2n) is 9.80. The van der Waals surface area contributed by atoms with Crippen LogP contribution >= 0.6 is 23.6 Å². The van der Waals surface area contributed by atoms with E-state index in [1.807, 2.05) is 29.6 Å².